The molecule has 0 aromatic rings. The molecule has 0 aromatic carbocycles. The van der Waals surface area contributed by atoms with Crippen LogP contribution in [0.2, 0.25) is 0 Å². The highest BCUT2D eigenvalue weighted by Crippen LogP contribution is 2.24. The summed E-state index contributed by atoms with van der Waals surface area (Å²) in [6.07, 6.45) is 4.15. The van der Waals surface area contributed by atoms with Gasteiger partial charge in [0.15, 0.2) is 0 Å². The molecule has 1 heterocycles. The summed E-state index contributed by atoms with van der Waals surface area (Å²) in [4.78, 5) is 13.7. The molecular formula is C15H29NO3. The van der Waals surface area contributed by atoms with Crippen molar-refractivity contribution >= 4 is 6.09 Å². The number of hydrogen-bond acceptors (Lipinski definition) is 3. The lowest BCUT2D eigenvalue weighted by Crippen LogP contribution is -2.41. The van der Waals surface area contributed by atoms with E-state index in [-0.39, 0.29) is 12.7 Å². The van der Waals surface area contributed by atoms with Gasteiger partial charge in [-0.25, -0.2) is 4.79 Å². The number of likely N-dealkylation sites (tertiary alicyclic amines) is 1. The zero-order chi connectivity index (χ0) is 14.5. The maximum absolute atomic E-state index is 11.9. The molecule has 0 aliphatic carbocycles. The fraction of sp³-hybridized carbons (Fsp3) is 0.933. The molecule has 0 saturated carbocycles. The van der Waals surface area contributed by atoms with Crippen molar-refractivity contribution in [1.82, 2.24) is 4.90 Å². The van der Waals surface area contributed by atoms with E-state index in [9.17, 15) is 4.79 Å². The van der Waals surface area contributed by atoms with Crippen LogP contribution >= 0.6 is 0 Å². The molecule has 1 unspecified atom stereocenters. The average molecular weight is 271 g/mol. The maximum Gasteiger partial charge on any atom is 0.410 e. The maximum atomic E-state index is 11.9. The number of carbonyl (C=O) groups is 1. The molecule has 0 aromatic heterocycles. The predicted octanol–water partition coefficient (Wildman–Crippen LogP) is 3.04. The minimum absolute atomic E-state index is 0.185. The number of piperidine rings is 1. The van der Waals surface area contributed by atoms with Gasteiger partial charge >= 0.3 is 6.09 Å². The molecule has 4 nitrogen and oxygen atoms in total. The number of carbonyl (C=O) groups excluding carboxylic acids is 1. The van der Waals surface area contributed by atoms with Gasteiger partial charge in [-0.15, -0.1) is 0 Å². The van der Waals surface area contributed by atoms with Gasteiger partial charge in [-0.1, -0.05) is 6.92 Å². The largest absolute Gasteiger partial charge is 0.444 e. The molecule has 4 heteroatoms. The number of nitrogens with zero attached hydrogens (tertiary/aromatic N) is 1. The van der Waals surface area contributed by atoms with Gasteiger partial charge in [-0.3, -0.25) is 0 Å². The second-order valence-corrected chi connectivity index (χ2v) is 6.78. The highest BCUT2D eigenvalue weighted by Gasteiger charge is 2.26. The number of aliphatic hydroxyl groups is 1. The minimum atomic E-state index is -0.412. The second kappa shape index (κ2) is 7.13. The standard InChI is InChI=1S/C15H29NO3/c1-12(11-17)5-6-13-7-9-16(10-8-13)14(18)19-15(2,3)4/h12-13,17H,5-11H2,1-4H3. The summed E-state index contributed by atoms with van der Waals surface area (Å²) < 4.78 is 5.38. The Morgan fingerprint density at radius 2 is 1.95 bits per heavy atom. The van der Waals surface area contributed by atoms with Crippen LogP contribution in [0.5, 0.6) is 0 Å². The Morgan fingerprint density at radius 3 is 2.42 bits per heavy atom. The van der Waals surface area contributed by atoms with Crippen molar-refractivity contribution in [2.45, 2.75) is 59.0 Å². The van der Waals surface area contributed by atoms with Crippen LogP contribution in [0.1, 0.15) is 53.4 Å². The lowest BCUT2D eigenvalue weighted by molar-refractivity contribution is 0.0178. The smallest absolute Gasteiger partial charge is 0.410 e. The SMILES string of the molecule is CC(CO)CCC1CCN(C(=O)OC(C)(C)C)CC1. The first kappa shape index (κ1) is 16.3. The van der Waals surface area contributed by atoms with Gasteiger partial charge in [-0.05, 0) is 58.3 Å². The lowest BCUT2D eigenvalue weighted by atomic mass is 9.89. The fourth-order valence-corrected chi connectivity index (χ4v) is 2.34. The first-order chi connectivity index (χ1) is 8.81. The minimum Gasteiger partial charge on any atom is -0.444 e. The fourth-order valence-electron chi connectivity index (χ4n) is 2.34. The van der Waals surface area contributed by atoms with E-state index in [0.717, 1.165) is 38.8 Å². The lowest BCUT2D eigenvalue weighted by Gasteiger charge is -2.33. The van der Waals surface area contributed by atoms with Crippen LogP contribution in [-0.2, 0) is 4.74 Å². The van der Waals surface area contributed by atoms with Crippen LogP contribution < -0.4 is 0 Å². The molecule has 1 rings (SSSR count). The van der Waals surface area contributed by atoms with Gasteiger partial charge in [0, 0.05) is 19.7 Å². The molecule has 0 radical (unpaired) electrons. The summed E-state index contributed by atoms with van der Waals surface area (Å²) in [5.74, 6) is 1.08. The van der Waals surface area contributed by atoms with E-state index in [1.54, 1.807) is 0 Å². The van der Waals surface area contributed by atoms with E-state index >= 15 is 0 Å². The number of aliphatic hydroxyl groups excluding tert-OH is 1. The zero-order valence-corrected chi connectivity index (χ0v) is 12.8. The Kier molecular flexibility index (Phi) is 6.11. The van der Waals surface area contributed by atoms with Gasteiger partial charge in [0.25, 0.3) is 0 Å². The third kappa shape index (κ3) is 6.28. The van der Waals surface area contributed by atoms with Crippen LogP contribution in [0.25, 0.3) is 0 Å². The highest BCUT2D eigenvalue weighted by molar-refractivity contribution is 5.68. The molecule has 1 aliphatic heterocycles. The molecule has 1 aliphatic rings. The van der Waals surface area contributed by atoms with Crippen molar-refractivity contribution in [2.24, 2.45) is 11.8 Å². The zero-order valence-electron chi connectivity index (χ0n) is 12.8. The van der Waals surface area contributed by atoms with Gasteiger partial charge in [0.1, 0.15) is 5.60 Å². The van der Waals surface area contributed by atoms with Crippen LogP contribution in [0, 0.1) is 11.8 Å². The summed E-state index contributed by atoms with van der Waals surface area (Å²) in [6.45, 7) is 9.64. The van der Waals surface area contributed by atoms with E-state index in [1.807, 2.05) is 25.7 Å². The van der Waals surface area contributed by atoms with Gasteiger partial charge in [0.2, 0.25) is 0 Å². The first-order valence-corrected chi connectivity index (χ1v) is 7.40. The van der Waals surface area contributed by atoms with Crippen LogP contribution in [-0.4, -0.2) is 41.4 Å². The molecule has 0 bridgehead atoms. The van der Waals surface area contributed by atoms with E-state index in [2.05, 4.69) is 6.92 Å². The summed E-state index contributed by atoms with van der Waals surface area (Å²) >= 11 is 0. The Labute approximate surface area is 117 Å². The molecule has 0 spiro atoms. The Hall–Kier alpha value is -0.770. The van der Waals surface area contributed by atoms with Crippen molar-refractivity contribution in [3.8, 4) is 0 Å². The summed E-state index contributed by atoms with van der Waals surface area (Å²) in [5, 5.41) is 9.02. The summed E-state index contributed by atoms with van der Waals surface area (Å²) in [7, 11) is 0. The topological polar surface area (TPSA) is 49.8 Å². The molecule has 1 saturated heterocycles. The number of amides is 1. The molecule has 1 fully saturated rings. The molecule has 112 valence electrons. The van der Waals surface area contributed by atoms with Gasteiger partial charge < -0.3 is 14.7 Å². The molecule has 1 N–H and O–H groups in total. The summed E-state index contributed by atoms with van der Waals surface area (Å²) in [5.41, 5.74) is -0.412. The molecular weight excluding hydrogens is 242 g/mol. The number of hydrogen-bond donors (Lipinski definition) is 1. The van der Waals surface area contributed by atoms with Crippen LogP contribution in [0.4, 0.5) is 4.79 Å². The average Bonchev–Trinajstić information content (AvgIpc) is 2.34. The van der Waals surface area contributed by atoms with Gasteiger partial charge in [0.05, 0.1) is 0 Å². The van der Waals surface area contributed by atoms with Crippen LogP contribution in [0.3, 0.4) is 0 Å². The molecule has 1 atom stereocenters. The molecule has 1 amide bonds. The second-order valence-electron chi connectivity index (χ2n) is 6.78. The Balaban J connectivity index is 2.27. The van der Waals surface area contributed by atoms with E-state index in [4.69, 9.17) is 9.84 Å². The first-order valence-electron chi connectivity index (χ1n) is 7.40. The van der Waals surface area contributed by atoms with Crippen molar-refractivity contribution in [1.29, 1.82) is 0 Å². The Bertz CT molecular complexity index is 278. The van der Waals surface area contributed by atoms with Crippen molar-refractivity contribution in [3.63, 3.8) is 0 Å². The highest BCUT2D eigenvalue weighted by atomic mass is 16.6. The van der Waals surface area contributed by atoms with Crippen molar-refractivity contribution < 1.29 is 14.6 Å². The predicted molar refractivity (Wildman–Crippen MR) is 76.0 cm³/mol. The number of rotatable bonds is 4. The Morgan fingerprint density at radius 1 is 1.37 bits per heavy atom. The normalized spacial score (nSPS) is 19.3. The van der Waals surface area contributed by atoms with E-state index < -0.39 is 5.60 Å². The quantitative estimate of drug-likeness (QED) is 0.855. The monoisotopic (exact) mass is 271 g/mol. The summed E-state index contributed by atoms with van der Waals surface area (Å²) in [6, 6.07) is 0. The van der Waals surface area contributed by atoms with Crippen molar-refractivity contribution in [3.05, 3.63) is 0 Å². The number of ether oxygens (including phenoxy) is 1. The van der Waals surface area contributed by atoms with Crippen LogP contribution in [0.15, 0.2) is 0 Å². The molecule has 19 heavy (non-hydrogen) atoms. The van der Waals surface area contributed by atoms with Gasteiger partial charge in [-0.2, -0.15) is 0 Å². The third-order valence-electron chi connectivity index (χ3n) is 3.65. The third-order valence-corrected chi connectivity index (χ3v) is 3.65. The van der Waals surface area contributed by atoms with Crippen molar-refractivity contribution in [2.75, 3.05) is 19.7 Å². The van der Waals surface area contributed by atoms with E-state index in [0.29, 0.717) is 11.8 Å². The van der Waals surface area contributed by atoms with E-state index in [1.165, 1.54) is 0 Å².